The van der Waals surface area contributed by atoms with Crippen LogP contribution < -0.4 is 5.32 Å². The zero-order chi connectivity index (χ0) is 8.69. The topological polar surface area (TPSA) is 29.1 Å². The molecule has 0 aromatic heterocycles. The second kappa shape index (κ2) is 6.35. The van der Waals surface area contributed by atoms with Gasteiger partial charge in [0.05, 0.1) is 0 Å². The molecule has 0 radical (unpaired) electrons. The predicted molar refractivity (Wildman–Crippen MR) is 47.6 cm³/mol. The minimum atomic E-state index is 0.213. The van der Waals surface area contributed by atoms with E-state index in [4.69, 9.17) is 0 Å². The van der Waals surface area contributed by atoms with Crippen molar-refractivity contribution in [2.45, 2.75) is 33.1 Å². The number of rotatable bonds is 6. The van der Waals surface area contributed by atoms with Gasteiger partial charge in [-0.2, -0.15) is 0 Å². The van der Waals surface area contributed by atoms with E-state index in [1.165, 1.54) is 0 Å². The molecule has 0 saturated carbocycles. The molecular formula is C9H19NO. The van der Waals surface area contributed by atoms with Crippen molar-refractivity contribution in [2.24, 2.45) is 5.92 Å². The Balaban J connectivity index is 3.18. The van der Waals surface area contributed by atoms with Crippen LogP contribution in [0.1, 0.15) is 33.1 Å². The number of hydrogen-bond donors (Lipinski definition) is 1. The standard InChI is InChI=1S/C9H19NO/c1-8(2)9(11)6-4-5-7-10-3/h8,10H,4-7H2,1-3H3. The van der Waals surface area contributed by atoms with Gasteiger partial charge in [-0.1, -0.05) is 13.8 Å². The molecule has 0 spiro atoms. The minimum absolute atomic E-state index is 0.213. The third kappa shape index (κ3) is 6.05. The maximum atomic E-state index is 11.1. The molecule has 2 nitrogen and oxygen atoms in total. The molecule has 0 fully saturated rings. The van der Waals surface area contributed by atoms with Gasteiger partial charge in [-0.25, -0.2) is 0 Å². The molecule has 0 aromatic carbocycles. The molecule has 0 aliphatic heterocycles. The third-order valence-electron chi connectivity index (χ3n) is 1.74. The Hall–Kier alpha value is -0.370. The number of Topliss-reactive ketones (excluding diaryl/α,β-unsaturated/α-hetero) is 1. The Labute approximate surface area is 69.4 Å². The highest BCUT2D eigenvalue weighted by Crippen LogP contribution is 2.03. The van der Waals surface area contributed by atoms with Gasteiger partial charge in [0.25, 0.3) is 0 Å². The summed E-state index contributed by atoms with van der Waals surface area (Å²) in [5, 5.41) is 3.06. The third-order valence-corrected chi connectivity index (χ3v) is 1.74. The van der Waals surface area contributed by atoms with Crippen LogP contribution in [0.5, 0.6) is 0 Å². The number of ketones is 1. The zero-order valence-corrected chi connectivity index (χ0v) is 7.81. The van der Waals surface area contributed by atoms with Crippen LogP contribution in [0.4, 0.5) is 0 Å². The van der Waals surface area contributed by atoms with Gasteiger partial charge in [0.2, 0.25) is 0 Å². The maximum Gasteiger partial charge on any atom is 0.135 e. The zero-order valence-electron chi connectivity index (χ0n) is 7.81. The largest absolute Gasteiger partial charge is 0.320 e. The molecule has 0 atom stereocenters. The van der Waals surface area contributed by atoms with Crippen LogP contribution in [0.15, 0.2) is 0 Å². The number of carbonyl (C=O) groups is 1. The lowest BCUT2D eigenvalue weighted by Crippen LogP contribution is -2.10. The predicted octanol–water partition coefficient (Wildman–Crippen LogP) is 1.60. The van der Waals surface area contributed by atoms with Crippen LogP contribution in [-0.2, 0) is 4.79 Å². The summed E-state index contributed by atoms with van der Waals surface area (Å²) < 4.78 is 0. The molecule has 0 aliphatic rings. The molecule has 0 rings (SSSR count). The minimum Gasteiger partial charge on any atom is -0.320 e. The van der Waals surface area contributed by atoms with E-state index in [2.05, 4.69) is 5.32 Å². The first-order valence-corrected chi connectivity index (χ1v) is 4.35. The summed E-state index contributed by atoms with van der Waals surface area (Å²) in [4.78, 5) is 11.1. The van der Waals surface area contributed by atoms with Crippen molar-refractivity contribution >= 4 is 5.78 Å². The number of carbonyl (C=O) groups excluding carboxylic acids is 1. The molecule has 66 valence electrons. The molecule has 0 saturated heterocycles. The highest BCUT2D eigenvalue weighted by Gasteiger charge is 2.05. The molecule has 0 heterocycles. The second-order valence-electron chi connectivity index (χ2n) is 3.18. The van der Waals surface area contributed by atoms with E-state index in [-0.39, 0.29) is 5.92 Å². The molecule has 1 N–H and O–H groups in total. The van der Waals surface area contributed by atoms with E-state index in [0.717, 1.165) is 25.8 Å². The quantitative estimate of drug-likeness (QED) is 0.593. The maximum absolute atomic E-state index is 11.1. The first-order valence-electron chi connectivity index (χ1n) is 4.35. The van der Waals surface area contributed by atoms with Gasteiger partial charge in [0, 0.05) is 12.3 Å². The van der Waals surface area contributed by atoms with E-state index >= 15 is 0 Å². The molecular weight excluding hydrogens is 138 g/mol. The highest BCUT2D eigenvalue weighted by atomic mass is 16.1. The summed E-state index contributed by atoms with van der Waals surface area (Å²) in [6.07, 6.45) is 2.88. The van der Waals surface area contributed by atoms with E-state index < -0.39 is 0 Å². The number of nitrogens with one attached hydrogen (secondary N) is 1. The van der Waals surface area contributed by atoms with Crippen LogP contribution in [0.3, 0.4) is 0 Å². The van der Waals surface area contributed by atoms with Gasteiger partial charge in [-0.15, -0.1) is 0 Å². The summed E-state index contributed by atoms with van der Waals surface area (Å²) in [5.41, 5.74) is 0. The van der Waals surface area contributed by atoms with E-state index in [0.29, 0.717) is 5.78 Å². The van der Waals surface area contributed by atoms with E-state index in [1.807, 2.05) is 20.9 Å². The van der Waals surface area contributed by atoms with Crippen molar-refractivity contribution in [2.75, 3.05) is 13.6 Å². The Bertz CT molecular complexity index is 110. The van der Waals surface area contributed by atoms with E-state index in [9.17, 15) is 4.79 Å². The monoisotopic (exact) mass is 157 g/mol. The summed E-state index contributed by atoms with van der Waals surface area (Å²) in [6.45, 7) is 4.94. The smallest absolute Gasteiger partial charge is 0.135 e. The first-order chi connectivity index (χ1) is 5.18. The van der Waals surface area contributed by atoms with Crippen LogP contribution >= 0.6 is 0 Å². The Morgan fingerprint density at radius 2 is 2.00 bits per heavy atom. The van der Waals surface area contributed by atoms with Crippen molar-refractivity contribution in [3.63, 3.8) is 0 Å². The van der Waals surface area contributed by atoms with Gasteiger partial charge in [-0.3, -0.25) is 4.79 Å². The lowest BCUT2D eigenvalue weighted by Gasteiger charge is -2.02. The average molecular weight is 157 g/mol. The second-order valence-corrected chi connectivity index (χ2v) is 3.18. The van der Waals surface area contributed by atoms with Crippen molar-refractivity contribution in [1.82, 2.24) is 5.32 Å². The molecule has 0 amide bonds. The molecule has 0 bridgehead atoms. The van der Waals surface area contributed by atoms with Crippen molar-refractivity contribution in [3.8, 4) is 0 Å². The van der Waals surface area contributed by atoms with Crippen molar-refractivity contribution < 1.29 is 4.79 Å². The average Bonchev–Trinajstić information content (AvgIpc) is 1.97. The van der Waals surface area contributed by atoms with Gasteiger partial charge < -0.3 is 5.32 Å². The lowest BCUT2D eigenvalue weighted by molar-refractivity contribution is -0.122. The normalized spacial score (nSPS) is 10.5. The Morgan fingerprint density at radius 3 is 2.45 bits per heavy atom. The van der Waals surface area contributed by atoms with Crippen molar-refractivity contribution in [1.29, 1.82) is 0 Å². The van der Waals surface area contributed by atoms with Gasteiger partial charge in [-0.05, 0) is 26.4 Å². The Kier molecular flexibility index (Phi) is 6.13. The van der Waals surface area contributed by atoms with Crippen molar-refractivity contribution in [3.05, 3.63) is 0 Å². The first kappa shape index (κ1) is 10.6. The van der Waals surface area contributed by atoms with Crippen LogP contribution in [0.25, 0.3) is 0 Å². The number of unbranched alkanes of at least 4 members (excludes halogenated alkanes) is 1. The molecule has 0 unspecified atom stereocenters. The fourth-order valence-corrected chi connectivity index (χ4v) is 0.890. The highest BCUT2D eigenvalue weighted by molar-refractivity contribution is 5.80. The van der Waals surface area contributed by atoms with Gasteiger partial charge >= 0.3 is 0 Å². The fourth-order valence-electron chi connectivity index (χ4n) is 0.890. The van der Waals surface area contributed by atoms with Gasteiger partial charge in [0.1, 0.15) is 5.78 Å². The lowest BCUT2D eigenvalue weighted by atomic mass is 10.0. The Morgan fingerprint density at radius 1 is 1.36 bits per heavy atom. The summed E-state index contributed by atoms with van der Waals surface area (Å²) in [7, 11) is 1.93. The molecule has 2 heteroatoms. The van der Waals surface area contributed by atoms with Crippen LogP contribution in [-0.4, -0.2) is 19.4 Å². The van der Waals surface area contributed by atoms with Gasteiger partial charge in [0.15, 0.2) is 0 Å². The molecule has 0 aromatic rings. The fraction of sp³-hybridized carbons (Fsp3) is 0.889. The van der Waals surface area contributed by atoms with Crippen LogP contribution in [0.2, 0.25) is 0 Å². The SMILES string of the molecule is CNCCCCC(=O)C(C)C. The summed E-state index contributed by atoms with van der Waals surface area (Å²) in [6, 6.07) is 0. The number of hydrogen-bond acceptors (Lipinski definition) is 2. The van der Waals surface area contributed by atoms with Crippen LogP contribution in [0, 0.1) is 5.92 Å². The molecule has 11 heavy (non-hydrogen) atoms. The molecule has 0 aliphatic carbocycles. The van der Waals surface area contributed by atoms with E-state index in [1.54, 1.807) is 0 Å². The summed E-state index contributed by atoms with van der Waals surface area (Å²) >= 11 is 0. The summed E-state index contributed by atoms with van der Waals surface area (Å²) in [5.74, 6) is 0.602.